The number of carbonyl (C=O) groups is 1. The Balaban J connectivity index is 1.37. The molecule has 0 saturated heterocycles. The molecule has 0 spiro atoms. The standard InChI is InChI=1S/C32H44ClN5O3/c1-6-37(26-13-11-25(12-14-26)34-16-15-23-9-8-10-27(17-23)41-5)30-19-24(33)18-28(21(30)3)31(39)35-20-29-22(4)38(7-2)36-32(29)40/h8-10,17-19,25-26,34H,6-7,11-16,20H2,1-5H3,(H,35,39)(H,36,40)/t25-,26-. The SMILES string of the molecule is CCn1[nH]c(=O)c(CNC(=O)c2cc(Cl)cc(N(CC)[C@H]3CC[C@H](NCCc4cccc(OC)c4)CC3)c2C)c1C. The molecule has 1 aromatic heterocycles. The summed E-state index contributed by atoms with van der Waals surface area (Å²) in [5.74, 6) is 0.672. The van der Waals surface area contributed by atoms with E-state index in [1.165, 1.54) is 5.56 Å². The fraction of sp³-hybridized carbons (Fsp3) is 0.500. The Kier molecular flexibility index (Phi) is 10.6. The van der Waals surface area contributed by atoms with Gasteiger partial charge in [-0.2, -0.15) is 0 Å². The number of methoxy groups -OCH3 is 1. The number of ether oxygens (including phenoxy) is 1. The van der Waals surface area contributed by atoms with E-state index in [9.17, 15) is 9.59 Å². The van der Waals surface area contributed by atoms with Crippen molar-refractivity contribution in [1.29, 1.82) is 0 Å². The second-order valence-electron chi connectivity index (χ2n) is 10.9. The summed E-state index contributed by atoms with van der Waals surface area (Å²) in [6.45, 7) is 10.6. The van der Waals surface area contributed by atoms with Crippen molar-refractivity contribution in [2.24, 2.45) is 0 Å². The molecule has 9 heteroatoms. The van der Waals surface area contributed by atoms with Crippen LogP contribution in [0.3, 0.4) is 0 Å². The first-order valence-electron chi connectivity index (χ1n) is 14.7. The number of nitrogens with zero attached hydrogens (tertiary/aromatic N) is 2. The number of aromatic nitrogens is 2. The van der Waals surface area contributed by atoms with Gasteiger partial charge in [0.1, 0.15) is 5.75 Å². The predicted octanol–water partition coefficient (Wildman–Crippen LogP) is 5.37. The van der Waals surface area contributed by atoms with E-state index in [0.717, 1.165) is 67.9 Å². The lowest BCUT2D eigenvalue weighted by Crippen LogP contribution is -2.43. The van der Waals surface area contributed by atoms with Gasteiger partial charge in [0.2, 0.25) is 0 Å². The van der Waals surface area contributed by atoms with Crippen molar-refractivity contribution in [2.75, 3.05) is 25.1 Å². The highest BCUT2D eigenvalue weighted by Gasteiger charge is 2.27. The molecular weight excluding hydrogens is 538 g/mol. The number of anilines is 1. The zero-order chi connectivity index (χ0) is 29.5. The number of benzene rings is 2. The van der Waals surface area contributed by atoms with Crippen LogP contribution in [0.5, 0.6) is 5.75 Å². The van der Waals surface area contributed by atoms with Crippen molar-refractivity contribution in [2.45, 2.75) is 85.0 Å². The largest absolute Gasteiger partial charge is 0.497 e. The first-order chi connectivity index (χ1) is 19.7. The van der Waals surface area contributed by atoms with Gasteiger partial charge in [0.15, 0.2) is 0 Å². The number of carbonyl (C=O) groups excluding carboxylic acids is 1. The van der Waals surface area contributed by atoms with Crippen molar-refractivity contribution >= 4 is 23.2 Å². The van der Waals surface area contributed by atoms with E-state index in [4.69, 9.17) is 16.3 Å². The zero-order valence-electron chi connectivity index (χ0n) is 25.0. The summed E-state index contributed by atoms with van der Waals surface area (Å²) < 4.78 is 7.13. The van der Waals surface area contributed by atoms with E-state index < -0.39 is 0 Å². The maximum atomic E-state index is 13.3. The molecule has 1 aliphatic carbocycles. The van der Waals surface area contributed by atoms with Gasteiger partial charge in [-0.3, -0.25) is 19.4 Å². The minimum Gasteiger partial charge on any atom is -0.497 e. The monoisotopic (exact) mass is 581 g/mol. The molecule has 0 aliphatic heterocycles. The number of halogens is 1. The average Bonchev–Trinajstić information content (AvgIpc) is 3.26. The van der Waals surface area contributed by atoms with Gasteiger partial charge in [0.05, 0.1) is 19.2 Å². The molecule has 3 aromatic rings. The molecule has 1 heterocycles. The summed E-state index contributed by atoms with van der Waals surface area (Å²) in [7, 11) is 1.70. The number of rotatable bonds is 12. The van der Waals surface area contributed by atoms with E-state index in [0.29, 0.717) is 34.8 Å². The number of aryl methyl sites for hydroxylation is 1. The molecule has 0 atom stereocenters. The fourth-order valence-electron chi connectivity index (χ4n) is 6.05. The first kappa shape index (κ1) is 30.7. The highest BCUT2D eigenvalue weighted by molar-refractivity contribution is 6.31. The van der Waals surface area contributed by atoms with Crippen LogP contribution in [0.1, 0.15) is 72.3 Å². The Morgan fingerprint density at radius 2 is 1.90 bits per heavy atom. The zero-order valence-corrected chi connectivity index (χ0v) is 25.7. The van der Waals surface area contributed by atoms with Gasteiger partial charge >= 0.3 is 0 Å². The highest BCUT2D eigenvalue weighted by Crippen LogP contribution is 2.33. The second kappa shape index (κ2) is 14.1. The summed E-state index contributed by atoms with van der Waals surface area (Å²) in [5.41, 5.74) is 4.97. The molecule has 3 N–H and O–H groups in total. The molecule has 1 saturated carbocycles. The minimum atomic E-state index is -0.228. The molecule has 2 aromatic carbocycles. The summed E-state index contributed by atoms with van der Waals surface area (Å²) in [6, 6.07) is 12.9. The van der Waals surface area contributed by atoms with Crippen LogP contribution >= 0.6 is 11.6 Å². The van der Waals surface area contributed by atoms with E-state index in [-0.39, 0.29) is 18.0 Å². The van der Waals surface area contributed by atoms with Gasteiger partial charge in [0.25, 0.3) is 11.5 Å². The lowest BCUT2D eigenvalue weighted by atomic mass is 9.89. The van der Waals surface area contributed by atoms with Gasteiger partial charge in [-0.25, -0.2) is 0 Å². The molecule has 222 valence electrons. The lowest BCUT2D eigenvalue weighted by molar-refractivity contribution is 0.0950. The molecule has 4 rings (SSSR count). The Hall–Kier alpha value is -3.23. The smallest absolute Gasteiger partial charge is 0.269 e. The van der Waals surface area contributed by atoms with Crippen molar-refractivity contribution < 1.29 is 9.53 Å². The summed E-state index contributed by atoms with van der Waals surface area (Å²) in [5, 5.41) is 10.0. The summed E-state index contributed by atoms with van der Waals surface area (Å²) >= 11 is 6.56. The van der Waals surface area contributed by atoms with E-state index in [1.54, 1.807) is 17.9 Å². The van der Waals surface area contributed by atoms with E-state index in [2.05, 4.69) is 39.7 Å². The van der Waals surface area contributed by atoms with Crippen molar-refractivity contribution in [3.05, 3.63) is 79.7 Å². The fourth-order valence-corrected chi connectivity index (χ4v) is 6.27. The number of hydrogen-bond acceptors (Lipinski definition) is 5. The number of nitrogens with one attached hydrogen (secondary N) is 3. The molecule has 8 nitrogen and oxygen atoms in total. The maximum Gasteiger partial charge on any atom is 0.269 e. The normalized spacial score (nSPS) is 16.9. The molecule has 0 unspecified atom stereocenters. The third kappa shape index (κ3) is 7.35. The van der Waals surface area contributed by atoms with Crippen LogP contribution in [0.25, 0.3) is 0 Å². The molecular formula is C32H44ClN5O3. The molecule has 1 fully saturated rings. The quantitative estimate of drug-likeness (QED) is 0.267. The highest BCUT2D eigenvalue weighted by atomic mass is 35.5. The first-order valence-corrected chi connectivity index (χ1v) is 15.1. The van der Waals surface area contributed by atoms with Crippen LogP contribution in [-0.2, 0) is 19.5 Å². The molecule has 1 aliphatic rings. The third-order valence-electron chi connectivity index (χ3n) is 8.45. The molecule has 0 bridgehead atoms. The van der Waals surface area contributed by atoms with Crippen LogP contribution in [0.4, 0.5) is 5.69 Å². The Bertz CT molecular complexity index is 1390. The Morgan fingerprint density at radius 3 is 2.56 bits per heavy atom. The van der Waals surface area contributed by atoms with Crippen LogP contribution in [-0.4, -0.2) is 48.0 Å². The topological polar surface area (TPSA) is 91.4 Å². The molecule has 0 radical (unpaired) electrons. The average molecular weight is 582 g/mol. The number of hydrogen-bond donors (Lipinski definition) is 3. The number of amides is 1. The molecule has 1 amide bonds. The minimum absolute atomic E-state index is 0.167. The predicted molar refractivity (Wildman–Crippen MR) is 167 cm³/mol. The van der Waals surface area contributed by atoms with Crippen molar-refractivity contribution in [3.63, 3.8) is 0 Å². The van der Waals surface area contributed by atoms with Gasteiger partial charge in [0, 0.05) is 47.1 Å². The summed E-state index contributed by atoms with van der Waals surface area (Å²) in [6.07, 6.45) is 5.35. The second-order valence-corrected chi connectivity index (χ2v) is 11.3. The lowest BCUT2D eigenvalue weighted by Gasteiger charge is -2.39. The van der Waals surface area contributed by atoms with Gasteiger partial charge in [-0.05, 0) is 102 Å². The van der Waals surface area contributed by atoms with Crippen LogP contribution in [0.2, 0.25) is 5.02 Å². The van der Waals surface area contributed by atoms with E-state index >= 15 is 0 Å². The molecule has 41 heavy (non-hydrogen) atoms. The Labute approximate surface area is 248 Å². The number of aromatic amines is 1. The van der Waals surface area contributed by atoms with E-state index in [1.807, 2.05) is 39.0 Å². The number of H-pyrrole nitrogens is 1. The van der Waals surface area contributed by atoms with Crippen molar-refractivity contribution in [3.8, 4) is 5.75 Å². The third-order valence-corrected chi connectivity index (χ3v) is 8.67. The van der Waals surface area contributed by atoms with Crippen molar-refractivity contribution in [1.82, 2.24) is 20.4 Å². The van der Waals surface area contributed by atoms with Crippen LogP contribution in [0.15, 0.2) is 41.2 Å². The van der Waals surface area contributed by atoms with Crippen LogP contribution < -0.4 is 25.8 Å². The van der Waals surface area contributed by atoms with Gasteiger partial charge in [-0.15, -0.1) is 0 Å². The maximum absolute atomic E-state index is 13.3. The Morgan fingerprint density at radius 1 is 1.15 bits per heavy atom. The van der Waals surface area contributed by atoms with Gasteiger partial charge in [-0.1, -0.05) is 23.7 Å². The van der Waals surface area contributed by atoms with Gasteiger partial charge < -0.3 is 20.3 Å². The van der Waals surface area contributed by atoms with Crippen LogP contribution in [0, 0.1) is 13.8 Å². The summed E-state index contributed by atoms with van der Waals surface area (Å²) in [4.78, 5) is 28.0.